The molecule has 1 saturated heterocycles. The molecule has 1 unspecified atom stereocenters. The fourth-order valence-corrected chi connectivity index (χ4v) is 5.60. The average Bonchev–Trinajstić information content (AvgIpc) is 2.26. The maximum absolute atomic E-state index is 12.1. The van der Waals surface area contributed by atoms with E-state index in [2.05, 4.69) is 4.72 Å². The highest BCUT2D eigenvalue weighted by molar-refractivity contribution is 7.92. The molecule has 0 spiro atoms. The van der Waals surface area contributed by atoms with E-state index < -0.39 is 31.2 Å². The van der Waals surface area contributed by atoms with Crippen molar-refractivity contribution in [2.24, 2.45) is 5.73 Å². The molecule has 0 amide bonds. The minimum Gasteiger partial charge on any atom is -0.388 e. The minimum atomic E-state index is -3.56. The highest BCUT2D eigenvalue weighted by atomic mass is 32.2. The van der Waals surface area contributed by atoms with Gasteiger partial charge in [-0.2, -0.15) is 0 Å². The van der Waals surface area contributed by atoms with Gasteiger partial charge in [-0.25, -0.2) is 21.6 Å². The second kappa shape index (κ2) is 6.19. The largest absolute Gasteiger partial charge is 0.388 e. The summed E-state index contributed by atoms with van der Waals surface area (Å²) in [6.07, 6.45) is 0.965. The van der Waals surface area contributed by atoms with Crippen molar-refractivity contribution >= 4 is 25.7 Å². The number of amidine groups is 1. The van der Waals surface area contributed by atoms with Gasteiger partial charge in [-0.3, -0.25) is 5.41 Å². The molecular weight excluding hydrogens is 290 g/mol. The van der Waals surface area contributed by atoms with Gasteiger partial charge in [0.25, 0.3) is 0 Å². The highest BCUT2D eigenvalue weighted by Crippen LogP contribution is 2.19. The van der Waals surface area contributed by atoms with E-state index in [-0.39, 0.29) is 36.6 Å². The molecule has 9 heteroatoms. The Hall–Kier alpha value is -0.670. The third-order valence-corrected chi connectivity index (χ3v) is 6.96. The van der Waals surface area contributed by atoms with E-state index >= 15 is 0 Å². The van der Waals surface area contributed by atoms with Crippen molar-refractivity contribution in [2.75, 3.05) is 11.5 Å². The Kier molecular flexibility index (Phi) is 5.34. The van der Waals surface area contributed by atoms with Gasteiger partial charge < -0.3 is 5.73 Å². The molecule has 0 bridgehead atoms. The number of sulfonamides is 1. The standard InChI is InChI=1S/C10H21N3O4S2/c1-2-8(7-10(11)12)13-19(16,17)9-3-5-18(14,15)6-4-9/h8-9,13H,2-7H2,1H3,(H3,11,12). The molecule has 1 aliphatic rings. The number of nitrogens with two attached hydrogens (primary N) is 1. The van der Waals surface area contributed by atoms with Gasteiger partial charge in [0.05, 0.1) is 22.6 Å². The monoisotopic (exact) mass is 311 g/mol. The number of hydrogen-bond donors (Lipinski definition) is 3. The summed E-state index contributed by atoms with van der Waals surface area (Å²) in [5.74, 6) is -0.231. The lowest BCUT2D eigenvalue weighted by atomic mass is 10.1. The summed E-state index contributed by atoms with van der Waals surface area (Å²) in [5, 5.41) is 6.53. The average molecular weight is 311 g/mol. The summed E-state index contributed by atoms with van der Waals surface area (Å²) in [7, 11) is -6.63. The van der Waals surface area contributed by atoms with Gasteiger partial charge in [0, 0.05) is 12.5 Å². The van der Waals surface area contributed by atoms with Crippen LogP contribution < -0.4 is 10.5 Å². The van der Waals surface area contributed by atoms with E-state index in [0.717, 1.165) is 0 Å². The van der Waals surface area contributed by atoms with Crippen LogP contribution in [-0.2, 0) is 19.9 Å². The van der Waals surface area contributed by atoms with Gasteiger partial charge in [0.2, 0.25) is 10.0 Å². The second-order valence-electron chi connectivity index (χ2n) is 4.85. The van der Waals surface area contributed by atoms with Crippen LogP contribution in [0.15, 0.2) is 0 Å². The van der Waals surface area contributed by atoms with Crippen molar-refractivity contribution in [2.45, 2.75) is 43.9 Å². The zero-order chi connectivity index (χ0) is 14.7. The highest BCUT2D eigenvalue weighted by Gasteiger charge is 2.33. The minimum absolute atomic E-state index is 0.0687. The first-order chi connectivity index (χ1) is 8.66. The summed E-state index contributed by atoms with van der Waals surface area (Å²) in [6, 6.07) is -0.402. The fourth-order valence-electron chi connectivity index (χ4n) is 2.04. The summed E-state index contributed by atoms with van der Waals surface area (Å²) in [6.45, 7) is 1.81. The van der Waals surface area contributed by atoms with Crippen molar-refractivity contribution in [3.05, 3.63) is 0 Å². The Labute approximate surface area is 114 Å². The summed E-state index contributed by atoms with van der Waals surface area (Å²) in [4.78, 5) is 0. The van der Waals surface area contributed by atoms with E-state index in [1.54, 1.807) is 0 Å². The maximum atomic E-state index is 12.1. The lowest BCUT2D eigenvalue weighted by Gasteiger charge is -2.25. The summed E-state index contributed by atoms with van der Waals surface area (Å²) >= 11 is 0. The van der Waals surface area contributed by atoms with Crippen LogP contribution >= 0.6 is 0 Å². The Morgan fingerprint density at radius 3 is 2.37 bits per heavy atom. The fraction of sp³-hybridized carbons (Fsp3) is 0.900. The molecule has 0 radical (unpaired) electrons. The lowest BCUT2D eigenvalue weighted by molar-refractivity contribution is 0.519. The molecule has 19 heavy (non-hydrogen) atoms. The van der Waals surface area contributed by atoms with Crippen LogP contribution in [0.3, 0.4) is 0 Å². The molecule has 1 heterocycles. The quantitative estimate of drug-likeness (QED) is 0.453. The van der Waals surface area contributed by atoms with Crippen LogP contribution in [0.4, 0.5) is 0 Å². The third kappa shape index (κ3) is 5.07. The first-order valence-corrected chi connectivity index (χ1v) is 9.57. The topological polar surface area (TPSA) is 130 Å². The van der Waals surface area contributed by atoms with Crippen LogP contribution in [0.25, 0.3) is 0 Å². The van der Waals surface area contributed by atoms with E-state index in [0.29, 0.717) is 6.42 Å². The van der Waals surface area contributed by atoms with Gasteiger partial charge in [-0.15, -0.1) is 0 Å². The molecule has 4 N–H and O–H groups in total. The van der Waals surface area contributed by atoms with E-state index in [1.165, 1.54) is 0 Å². The normalized spacial score (nSPS) is 21.9. The first-order valence-electron chi connectivity index (χ1n) is 6.20. The second-order valence-corrected chi connectivity index (χ2v) is 9.14. The van der Waals surface area contributed by atoms with E-state index in [9.17, 15) is 16.8 Å². The number of hydrogen-bond acceptors (Lipinski definition) is 5. The van der Waals surface area contributed by atoms with Crippen molar-refractivity contribution in [1.29, 1.82) is 5.41 Å². The van der Waals surface area contributed by atoms with E-state index in [4.69, 9.17) is 11.1 Å². The molecule has 1 rings (SSSR count). The number of sulfone groups is 1. The van der Waals surface area contributed by atoms with Crippen LogP contribution in [0.2, 0.25) is 0 Å². The zero-order valence-electron chi connectivity index (χ0n) is 10.9. The third-order valence-electron chi connectivity index (χ3n) is 3.23. The molecule has 1 fully saturated rings. The predicted octanol–water partition coefficient (Wildman–Crippen LogP) is -0.412. The molecule has 1 aliphatic heterocycles. The molecule has 1 atom stereocenters. The molecule has 0 aliphatic carbocycles. The molecule has 0 aromatic carbocycles. The summed E-state index contributed by atoms with van der Waals surface area (Å²) in [5.41, 5.74) is 5.27. The van der Waals surface area contributed by atoms with Crippen molar-refractivity contribution < 1.29 is 16.8 Å². The van der Waals surface area contributed by atoms with Gasteiger partial charge in [0.15, 0.2) is 0 Å². The van der Waals surface area contributed by atoms with Gasteiger partial charge in [0.1, 0.15) is 9.84 Å². The molecule has 0 aromatic heterocycles. The van der Waals surface area contributed by atoms with Crippen molar-refractivity contribution in [3.63, 3.8) is 0 Å². The first kappa shape index (κ1) is 16.4. The smallest absolute Gasteiger partial charge is 0.214 e. The van der Waals surface area contributed by atoms with Gasteiger partial charge >= 0.3 is 0 Å². The zero-order valence-corrected chi connectivity index (χ0v) is 12.6. The molecule has 0 aromatic rings. The lowest BCUT2D eigenvalue weighted by Crippen LogP contribution is -2.45. The number of nitrogens with one attached hydrogen (secondary N) is 2. The molecule has 0 saturated carbocycles. The summed E-state index contributed by atoms with van der Waals surface area (Å²) < 4.78 is 49.4. The maximum Gasteiger partial charge on any atom is 0.214 e. The molecule has 7 nitrogen and oxygen atoms in total. The predicted molar refractivity (Wildman–Crippen MR) is 74.3 cm³/mol. The van der Waals surface area contributed by atoms with Crippen LogP contribution in [0.5, 0.6) is 0 Å². The van der Waals surface area contributed by atoms with Crippen LogP contribution in [0, 0.1) is 5.41 Å². The van der Waals surface area contributed by atoms with Crippen LogP contribution in [0.1, 0.15) is 32.6 Å². The van der Waals surface area contributed by atoms with E-state index in [1.807, 2.05) is 6.92 Å². The Balaban J connectivity index is 2.68. The molecule has 112 valence electrons. The Morgan fingerprint density at radius 1 is 1.42 bits per heavy atom. The van der Waals surface area contributed by atoms with Crippen molar-refractivity contribution in [3.8, 4) is 0 Å². The SMILES string of the molecule is CCC(CC(=N)N)NS(=O)(=O)C1CCS(=O)(=O)CC1. The molecular formula is C10H21N3O4S2. The Bertz CT molecular complexity index is 513. The number of rotatable bonds is 6. The Morgan fingerprint density at radius 2 is 1.95 bits per heavy atom. The van der Waals surface area contributed by atoms with Gasteiger partial charge in [-0.1, -0.05) is 6.92 Å². The van der Waals surface area contributed by atoms with Gasteiger partial charge in [-0.05, 0) is 19.3 Å². The van der Waals surface area contributed by atoms with Crippen molar-refractivity contribution in [1.82, 2.24) is 4.72 Å². The van der Waals surface area contributed by atoms with Crippen LogP contribution in [-0.4, -0.2) is 45.5 Å².